The van der Waals surface area contributed by atoms with Crippen molar-refractivity contribution < 1.29 is 14.3 Å². The third-order valence-electron chi connectivity index (χ3n) is 3.60. The minimum atomic E-state index is -0.506. The number of hydrogen-bond acceptors (Lipinski definition) is 5. The van der Waals surface area contributed by atoms with Gasteiger partial charge in [-0.1, -0.05) is 0 Å². The lowest BCUT2D eigenvalue weighted by molar-refractivity contribution is 0.0636. The molecule has 1 aliphatic heterocycles. The van der Waals surface area contributed by atoms with E-state index in [1.54, 1.807) is 12.1 Å². The minimum absolute atomic E-state index is 0.458. The molecule has 1 aliphatic rings. The molecule has 1 amide bonds. The normalized spacial score (nSPS) is 17.5. The molecule has 0 radical (unpaired) electrons. The summed E-state index contributed by atoms with van der Waals surface area (Å²) in [6, 6.07) is 7.88. The van der Waals surface area contributed by atoms with Crippen LogP contribution in [0.25, 0.3) is 0 Å². The number of benzene rings is 1. The maximum Gasteiger partial charge on any atom is 0.412 e. The molecule has 0 spiro atoms. The Morgan fingerprint density at radius 2 is 2.04 bits per heavy atom. The highest BCUT2D eigenvalue weighted by atomic mass is 16.6. The van der Waals surface area contributed by atoms with E-state index in [9.17, 15) is 4.79 Å². The van der Waals surface area contributed by atoms with Crippen molar-refractivity contribution in [2.75, 3.05) is 31.6 Å². The molecule has 1 fully saturated rings. The highest BCUT2D eigenvalue weighted by Gasteiger charge is 2.16. The Hall–Kier alpha value is -1.79. The summed E-state index contributed by atoms with van der Waals surface area (Å²) < 4.78 is 10.9. The average Bonchev–Trinajstić information content (AvgIpc) is 3.00. The Morgan fingerprint density at radius 1 is 1.29 bits per heavy atom. The van der Waals surface area contributed by atoms with Crippen molar-refractivity contribution in [2.24, 2.45) is 0 Å². The largest absolute Gasteiger partial charge is 0.492 e. The van der Waals surface area contributed by atoms with Crippen LogP contribution in [-0.2, 0) is 4.74 Å². The van der Waals surface area contributed by atoms with Crippen LogP contribution in [0.3, 0.4) is 0 Å². The highest BCUT2D eigenvalue weighted by molar-refractivity contribution is 5.84. The van der Waals surface area contributed by atoms with Crippen molar-refractivity contribution in [1.82, 2.24) is 10.6 Å². The van der Waals surface area contributed by atoms with Gasteiger partial charge in [0.2, 0.25) is 0 Å². The number of nitrogens with one attached hydrogen (secondary N) is 3. The lowest BCUT2D eigenvalue weighted by Crippen LogP contribution is -2.35. The first-order valence-corrected chi connectivity index (χ1v) is 8.59. The van der Waals surface area contributed by atoms with E-state index in [0.29, 0.717) is 18.3 Å². The van der Waals surface area contributed by atoms with Crippen molar-refractivity contribution in [3.63, 3.8) is 0 Å². The van der Waals surface area contributed by atoms with Gasteiger partial charge in [-0.05, 0) is 64.4 Å². The molecule has 1 atom stereocenters. The molecule has 0 saturated carbocycles. The summed E-state index contributed by atoms with van der Waals surface area (Å²) >= 11 is 0. The van der Waals surface area contributed by atoms with E-state index in [-0.39, 0.29) is 0 Å². The highest BCUT2D eigenvalue weighted by Crippen LogP contribution is 2.17. The molecule has 24 heavy (non-hydrogen) atoms. The lowest BCUT2D eigenvalue weighted by atomic mass is 10.2. The molecule has 6 nitrogen and oxygen atoms in total. The van der Waals surface area contributed by atoms with Crippen LogP contribution in [0.1, 0.15) is 33.6 Å². The molecule has 1 heterocycles. The average molecular weight is 335 g/mol. The van der Waals surface area contributed by atoms with E-state index < -0.39 is 11.7 Å². The maximum atomic E-state index is 11.7. The number of amides is 1. The van der Waals surface area contributed by atoms with Gasteiger partial charge in [0.25, 0.3) is 0 Å². The number of rotatable bonds is 7. The standard InChI is InChI=1S/C18H29N3O3/c1-18(2,3)24-17(22)21-14-6-8-16(9-7-14)23-12-11-19-13-15-5-4-10-20-15/h6-9,15,19-20H,4-5,10-13H2,1-3H3,(H,21,22). The third-order valence-corrected chi connectivity index (χ3v) is 3.60. The number of anilines is 1. The Bertz CT molecular complexity index is 505. The van der Waals surface area contributed by atoms with Gasteiger partial charge in [-0.3, -0.25) is 5.32 Å². The zero-order chi connectivity index (χ0) is 17.4. The molecular formula is C18H29N3O3. The van der Waals surface area contributed by atoms with E-state index in [1.807, 2.05) is 32.9 Å². The first-order valence-electron chi connectivity index (χ1n) is 8.59. The number of carbonyl (C=O) groups excluding carboxylic acids is 1. The van der Waals surface area contributed by atoms with Crippen molar-refractivity contribution >= 4 is 11.8 Å². The molecule has 1 aromatic rings. The molecule has 0 aliphatic carbocycles. The van der Waals surface area contributed by atoms with Crippen LogP contribution in [0.5, 0.6) is 5.75 Å². The first kappa shape index (κ1) is 18.5. The molecular weight excluding hydrogens is 306 g/mol. The van der Waals surface area contributed by atoms with Gasteiger partial charge in [0.05, 0.1) is 0 Å². The summed E-state index contributed by atoms with van der Waals surface area (Å²) in [6.07, 6.45) is 2.06. The Morgan fingerprint density at radius 3 is 2.67 bits per heavy atom. The van der Waals surface area contributed by atoms with Crippen LogP contribution in [-0.4, -0.2) is 44.0 Å². The lowest BCUT2D eigenvalue weighted by Gasteiger charge is -2.19. The second-order valence-corrected chi connectivity index (χ2v) is 7.00. The monoisotopic (exact) mass is 335 g/mol. The predicted molar refractivity (Wildman–Crippen MR) is 95.7 cm³/mol. The number of ether oxygens (including phenoxy) is 2. The quantitative estimate of drug-likeness (QED) is 0.668. The Balaban J connectivity index is 1.63. The SMILES string of the molecule is CC(C)(C)OC(=O)Nc1ccc(OCCNCC2CCCN2)cc1. The Kier molecular flexibility index (Phi) is 6.87. The van der Waals surface area contributed by atoms with Crippen LogP contribution in [0, 0.1) is 0 Å². The number of hydrogen-bond donors (Lipinski definition) is 3. The maximum absolute atomic E-state index is 11.7. The zero-order valence-corrected chi connectivity index (χ0v) is 14.9. The summed E-state index contributed by atoms with van der Waals surface area (Å²) in [5, 5.41) is 9.55. The molecule has 1 unspecified atom stereocenters. The van der Waals surface area contributed by atoms with Crippen molar-refractivity contribution in [2.45, 2.75) is 45.3 Å². The zero-order valence-electron chi connectivity index (χ0n) is 14.9. The molecule has 1 saturated heterocycles. The van der Waals surface area contributed by atoms with E-state index in [0.717, 1.165) is 25.4 Å². The van der Waals surface area contributed by atoms with E-state index in [1.165, 1.54) is 12.8 Å². The summed E-state index contributed by atoms with van der Waals surface area (Å²) in [6.45, 7) is 9.05. The van der Waals surface area contributed by atoms with Gasteiger partial charge in [-0.15, -0.1) is 0 Å². The summed E-state index contributed by atoms with van der Waals surface area (Å²) in [7, 11) is 0. The molecule has 3 N–H and O–H groups in total. The molecule has 6 heteroatoms. The summed E-state index contributed by atoms with van der Waals surface area (Å²) in [4.78, 5) is 11.7. The third kappa shape index (κ3) is 7.19. The molecule has 1 aromatic carbocycles. The number of carbonyl (C=O) groups is 1. The molecule has 134 valence electrons. The minimum Gasteiger partial charge on any atom is -0.492 e. The van der Waals surface area contributed by atoms with Gasteiger partial charge in [-0.2, -0.15) is 0 Å². The molecule has 2 rings (SSSR count). The van der Waals surface area contributed by atoms with Gasteiger partial charge in [0.1, 0.15) is 18.0 Å². The van der Waals surface area contributed by atoms with Gasteiger partial charge < -0.3 is 20.1 Å². The van der Waals surface area contributed by atoms with E-state index in [4.69, 9.17) is 9.47 Å². The topological polar surface area (TPSA) is 71.6 Å². The summed E-state index contributed by atoms with van der Waals surface area (Å²) in [5.41, 5.74) is 0.177. The van der Waals surface area contributed by atoms with Crippen LogP contribution in [0.15, 0.2) is 24.3 Å². The first-order chi connectivity index (χ1) is 11.4. The fourth-order valence-corrected chi connectivity index (χ4v) is 2.50. The van der Waals surface area contributed by atoms with Gasteiger partial charge in [0, 0.05) is 24.8 Å². The van der Waals surface area contributed by atoms with Gasteiger partial charge >= 0.3 is 6.09 Å². The fourth-order valence-electron chi connectivity index (χ4n) is 2.50. The fraction of sp³-hybridized carbons (Fsp3) is 0.611. The van der Waals surface area contributed by atoms with Gasteiger partial charge in [0.15, 0.2) is 0 Å². The second-order valence-electron chi connectivity index (χ2n) is 7.00. The van der Waals surface area contributed by atoms with Crippen LogP contribution >= 0.6 is 0 Å². The van der Waals surface area contributed by atoms with E-state index in [2.05, 4.69) is 16.0 Å². The van der Waals surface area contributed by atoms with Crippen molar-refractivity contribution in [3.8, 4) is 5.75 Å². The van der Waals surface area contributed by atoms with Crippen LogP contribution in [0.4, 0.5) is 10.5 Å². The smallest absolute Gasteiger partial charge is 0.412 e. The predicted octanol–water partition coefficient (Wildman–Crippen LogP) is 2.75. The molecule has 0 bridgehead atoms. The van der Waals surface area contributed by atoms with Gasteiger partial charge in [-0.25, -0.2) is 4.79 Å². The van der Waals surface area contributed by atoms with Crippen molar-refractivity contribution in [3.05, 3.63) is 24.3 Å². The van der Waals surface area contributed by atoms with E-state index >= 15 is 0 Å². The van der Waals surface area contributed by atoms with Crippen LogP contribution in [0.2, 0.25) is 0 Å². The molecule has 0 aromatic heterocycles. The van der Waals surface area contributed by atoms with Crippen molar-refractivity contribution in [1.29, 1.82) is 0 Å². The summed E-state index contributed by atoms with van der Waals surface area (Å²) in [5.74, 6) is 0.783. The van der Waals surface area contributed by atoms with Crippen LogP contribution < -0.4 is 20.7 Å². The Labute approximate surface area is 144 Å². The second kappa shape index (κ2) is 8.89.